The average Bonchev–Trinajstić information content (AvgIpc) is 2.29. The summed E-state index contributed by atoms with van der Waals surface area (Å²) in [4.78, 5) is 23.5. The van der Waals surface area contributed by atoms with Crippen LogP contribution in [0, 0.1) is 23.3 Å². The largest absolute Gasteiger partial charge is 0.478 e. The molecule has 0 aliphatic rings. The zero-order valence-electron chi connectivity index (χ0n) is 7.56. The van der Waals surface area contributed by atoms with Crippen LogP contribution < -0.4 is 0 Å². The predicted molar refractivity (Wildman–Crippen MR) is 39.8 cm³/mol. The Bertz CT molecular complexity index is 513. The van der Waals surface area contributed by atoms with Gasteiger partial charge in [-0.05, 0) is 0 Å². The molecule has 1 aromatic rings. The lowest BCUT2D eigenvalue weighted by molar-refractivity contribution is -0.0793. The second-order valence-electron chi connectivity index (χ2n) is 2.68. The first-order valence-corrected chi connectivity index (χ1v) is 3.75. The molecule has 4 nitrogen and oxygen atoms in total. The van der Waals surface area contributed by atoms with Crippen molar-refractivity contribution < 1.29 is 41.7 Å². The van der Waals surface area contributed by atoms with Gasteiger partial charge in [0.1, 0.15) is 11.1 Å². The summed E-state index contributed by atoms with van der Waals surface area (Å²) >= 11 is 0. The number of halogens is 5. The Hall–Kier alpha value is -2.19. The molecule has 0 saturated carbocycles. The molecule has 9 heteroatoms. The van der Waals surface area contributed by atoms with Gasteiger partial charge in [0.25, 0.3) is 0 Å². The molecule has 1 aromatic carbocycles. The molecule has 0 atom stereocenters. The number of carbonyl (C=O) groups excluding carboxylic acids is 1. The summed E-state index contributed by atoms with van der Waals surface area (Å²) in [5.74, 6) is -14.2. The highest BCUT2D eigenvalue weighted by atomic mass is 19.3. The van der Waals surface area contributed by atoms with E-state index in [0.717, 1.165) is 0 Å². The summed E-state index contributed by atoms with van der Waals surface area (Å²) in [7, 11) is 0. The van der Waals surface area contributed by atoms with Crippen molar-refractivity contribution in [3.8, 4) is 0 Å². The molecule has 0 fully saturated rings. The first kappa shape index (κ1) is 12.9. The Morgan fingerprint density at radius 1 is 0.882 bits per heavy atom. The Labute approximate surface area is 89.1 Å². The third-order valence-corrected chi connectivity index (χ3v) is 1.76. The topological polar surface area (TPSA) is 63.6 Å². The zero-order valence-corrected chi connectivity index (χ0v) is 7.56. The lowest BCUT2D eigenvalue weighted by atomic mass is 10.1. The van der Waals surface area contributed by atoms with Gasteiger partial charge in [0.2, 0.25) is 0 Å². The molecule has 0 spiro atoms. The van der Waals surface area contributed by atoms with Crippen LogP contribution in [-0.4, -0.2) is 17.0 Å². The Balaban J connectivity index is 3.78. The first-order valence-electron chi connectivity index (χ1n) is 3.75. The quantitative estimate of drug-likeness (QED) is 0.499. The molecule has 92 valence electrons. The van der Waals surface area contributed by atoms with Crippen LogP contribution in [0.25, 0.3) is 0 Å². The fourth-order valence-corrected chi connectivity index (χ4v) is 1.06. The molecule has 0 radical (unpaired) electrons. The molecule has 1 rings (SSSR count). The number of benzene rings is 1. The van der Waals surface area contributed by atoms with E-state index in [2.05, 4.69) is 4.94 Å². The van der Waals surface area contributed by atoms with Crippen molar-refractivity contribution in [2.45, 2.75) is 0 Å². The minimum Gasteiger partial charge on any atom is -0.478 e. The van der Waals surface area contributed by atoms with Crippen molar-refractivity contribution in [3.05, 3.63) is 34.4 Å². The van der Waals surface area contributed by atoms with Gasteiger partial charge in [-0.3, -0.25) is 0 Å². The maximum absolute atomic E-state index is 13.0. The van der Waals surface area contributed by atoms with Gasteiger partial charge in [-0.1, -0.05) is 0 Å². The molecular weight excluding hydrogens is 255 g/mol. The van der Waals surface area contributed by atoms with Crippen LogP contribution in [0.4, 0.5) is 22.1 Å². The number of carboxylic acid groups (broad SMARTS) is 1. The minimum absolute atomic E-state index is 1.86. The zero-order chi connectivity index (χ0) is 13.3. The van der Waals surface area contributed by atoms with E-state index in [1.807, 2.05) is 0 Å². The fourth-order valence-electron chi connectivity index (χ4n) is 1.06. The highest BCUT2D eigenvalue weighted by molar-refractivity contribution is 6.02. The SMILES string of the molecule is O=C(O)c1c(F)c(F)c(F)c(F)c1C(=O)OF. The van der Waals surface area contributed by atoms with E-state index in [1.54, 1.807) is 0 Å². The standard InChI is InChI=1S/C8HF5O4/c9-3-1(7(14)15)2(8(16)17-13)4(10)6(12)5(3)11/h(H,14,15). The van der Waals surface area contributed by atoms with Gasteiger partial charge >= 0.3 is 11.9 Å². The van der Waals surface area contributed by atoms with Crippen molar-refractivity contribution in [3.63, 3.8) is 0 Å². The highest BCUT2D eigenvalue weighted by Crippen LogP contribution is 2.25. The lowest BCUT2D eigenvalue weighted by Gasteiger charge is -2.06. The van der Waals surface area contributed by atoms with Crippen LogP contribution in [0.2, 0.25) is 0 Å². The van der Waals surface area contributed by atoms with E-state index >= 15 is 0 Å². The fraction of sp³-hybridized carbons (Fsp3) is 0. The van der Waals surface area contributed by atoms with Crippen LogP contribution >= 0.6 is 0 Å². The van der Waals surface area contributed by atoms with Crippen LogP contribution in [0.15, 0.2) is 0 Å². The van der Waals surface area contributed by atoms with Gasteiger partial charge in [-0.15, -0.1) is 0 Å². The monoisotopic (exact) mass is 256 g/mol. The van der Waals surface area contributed by atoms with Crippen molar-refractivity contribution in [1.82, 2.24) is 0 Å². The summed E-state index contributed by atoms with van der Waals surface area (Å²) < 4.78 is 62.8. The second kappa shape index (κ2) is 4.36. The number of aromatic carboxylic acids is 1. The average molecular weight is 256 g/mol. The summed E-state index contributed by atoms with van der Waals surface area (Å²) in [5.41, 5.74) is -3.74. The molecule has 0 bridgehead atoms. The number of carbonyl (C=O) groups is 2. The van der Waals surface area contributed by atoms with E-state index in [9.17, 15) is 31.7 Å². The third-order valence-electron chi connectivity index (χ3n) is 1.76. The normalized spacial score (nSPS) is 10.2. The summed E-state index contributed by atoms with van der Waals surface area (Å²) in [6.45, 7) is 0. The Morgan fingerprint density at radius 3 is 1.65 bits per heavy atom. The van der Waals surface area contributed by atoms with Gasteiger partial charge in [0.05, 0.1) is 0 Å². The van der Waals surface area contributed by atoms with E-state index < -0.39 is 46.3 Å². The van der Waals surface area contributed by atoms with E-state index in [0.29, 0.717) is 0 Å². The predicted octanol–water partition coefficient (Wildman–Crippen LogP) is 1.98. The molecule has 0 aliphatic heterocycles. The molecule has 0 heterocycles. The summed E-state index contributed by atoms with van der Waals surface area (Å²) in [5, 5.41) is 8.40. The van der Waals surface area contributed by atoms with Gasteiger partial charge in [-0.2, -0.15) is 0 Å². The molecule has 0 unspecified atom stereocenters. The molecule has 0 amide bonds. The Morgan fingerprint density at radius 2 is 1.29 bits per heavy atom. The number of hydrogen-bond acceptors (Lipinski definition) is 3. The minimum atomic E-state index is -2.45. The van der Waals surface area contributed by atoms with Crippen molar-refractivity contribution >= 4 is 11.9 Å². The second-order valence-corrected chi connectivity index (χ2v) is 2.68. The van der Waals surface area contributed by atoms with Crippen LogP contribution in [0.3, 0.4) is 0 Å². The van der Waals surface area contributed by atoms with Crippen LogP contribution in [-0.2, 0) is 4.94 Å². The highest BCUT2D eigenvalue weighted by Gasteiger charge is 2.33. The smallest absolute Gasteiger partial charge is 0.383 e. The van der Waals surface area contributed by atoms with Crippen molar-refractivity contribution in [2.75, 3.05) is 0 Å². The van der Waals surface area contributed by atoms with Crippen molar-refractivity contribution in [2.24, 2.45) is 0 Å². The first-order chi connectivity index (χ1) is 7.82. The third kappa shape index (κ3) is 1.90. The Kier molecular flexibility index (Phi) is 3.30. The van der Waals surface area contributed by atoms with Gasteiger partial charge in [0, 0.05) is 4.53 Å². The van der Waals surface area contributed by atoms with Crippen molar-refractivity contribution in [1.29, 1.82) is 0 Å². The van der Waals surface area contributed by atoms with Crippen LogP contribution in [0.5, 0.6) is 0 Å². The van der Waals surface area contributed by atoms with E-state index in [-0.39, 0.29) is 0 Å². The maximum atomic E-state index is 13.0. The molecule has 1 N–H and O–H groups in total. The van der Waals surface area contributed by atoms with E-state index in [1.165, 1.54) is 0 Å². The number of rotatable bonds is 2. The molecule has 0 saturated heterocycles. The lowest BCUT2D eigenvalue weighted by Crippen LogP contribution is -2.17. The summed E-state index contributed by atoms with van der Waals surface area (Å²) in [6.07, 6.45) is 0. The molecule has 0 aliphatic carbocycles. The van der Waals surface area contributed by atoms with E-state index in [4.69, 9.17) is 5.11 Å². The molecular formula is C8HF5O4. The summed E-state index contributed by atoms with van der Waals surface area (Å²) in [6, 6.07) is 0. The van der Waals surface area contributed by atoms with Gasteiger partial charge in [-0.25, -0.2) is 32.1 Å². The maximum Gasteiger partial charge on any atom is 0.383 e. The van der Waals surface area contributed by atoms with Crippen LogP contribution in [0.1, 0.15) is 20.7 Å². The number of carboxylic acids is 1. The molecule has 17 heavy (non-hydrogen) atoms. The molecule has 0 aromatic heterocycles. The van der Waals surface area contributed by atoms with Gasteiger partial charge in [0.15, 0.2) is 23.3 Å². The van der Waals surface area contributed by atoms with Gasteiger partial charge < -0.3 is 5.11 Å². The number of hydrogen-bond donors (Lipinski definition) is 1.